The number of carbonyl (C=O) groups excluding carboxylic acids is 3. The predicted octanol–water partition coefficient (Wildman–Crippen LogP) is -0.227. The van der Waals surface area contributed by atoms with E-state index in [1.54, 1.807) is 6.92 Å². The second kappa shape index (κ2) is 3.02. The van der Waals surface area contributed by atoms with E-state index in [1.165, 1.54) is 7.05 Å². The molecule has 0 aromatic carbocycles. The molecule has 6 heteroatoms. The van der Waals surface area contributed by atoms with Gasteiger partial charge < -0.3 is 0 Å². The van der Waals surface area contributed by atoms with Crippen molar-refractivity contribution in [1.82, 2.24) is 10.2 Å². The number of hydrogen-bond donors (Lipinski definition) is 2. The van der Waals surface area contributed by atoms with Gasteiger partial charge in [-0.15, -0.1) is 0 Å². The Morgan fingerprint density at radius 3 is 2.46 bits per heavy atom. The van der Waals surface area contributed by atoms with Crippen LogP contribution in [0.3, 0.4) is 0 Å². The van der Waals surface area contributed by atoms with Crippen LogP contribution >= 0.6 is 12.6 Å². The first-order valence-electron chi connectivity index (χ1n) is 3.79. The van der Waals surface area contributed by atoms with E-state index in [1.807, 2.05) is 0 Å². The normalized spacial score (nSPS) is 29.2. The van der Waals surface area contributed by atoms with Crippen molar-refractivity contribution in [3.63, 3.8) is 0 Å². The van der Waals surface area contributed by atoms with Gasteiger partial charge in [0.2, 0.25) is 0 Å². The molecule has 1 aliphatic rings. The highest BCUT2D eigenvalue weighted by molar-refractivity contribution is 7.83. The Kier molecular flexibility index (Phi) is 2.34. The van der Waals surface area contributed by atoms with Crippen molar-refractivity contribution in [1.29, 1.82) is 0 Å². The lowest BCUT2D eigenvalue weighted by molar-refractivity contribution is -0.139. The molecule has 1 aliphatic heterocycles. The van der Waals surface area contributed by atoms with Gasteiger partial charge >= 0.3 is 6.03 Å². The molecule has 1 rings (SSSR count). The molecule has 1 heterocycles. The minimum absolute atomic E-state index is 0.248. The molecule has 1 unspecified atom stereocenters. The van der Waals surface area contributed by atoms with E-state index >= 15 is 0 Å². The Hall–Kier alpha value is -1.04. The molecule has 0 aromatic heterocycles. The fourth-order valence-electron chi connectivity index (χ4n) is 1.06. The van der Waals surface area contributed by atoms with Gasteiger partial charge in [-0.1, -0.05) is 6.92 Å². The Balaban J connectivity index is 3.06. The minimum Gasteiger partial charge on any atom is -0.276 e. The monoisotopic (exact) mass is 202 g/mol. The summed E-state index contributed by atoms with van der Waals surface area (Å²) in [5.74, 6) is -1.22. The molecule has 1 fully saturated rings. The highest BCUT2D eigenvalue weighted by Crippen LogP contribution is 2.24. The summed E-state index contributed by atoms with van der Waals surface area (Å²) >= 11 is 3.98. The maximum Gasteiger partial charge on any atom is 0.330 e. The number of amides is 4. The number of barbiturate groups is 1. The SMILES string of the molecule is CCC1(S)C(=O)NC(=O)N(C)C1=O. The zero-order valence-corrected chi connectivity index (χ0v) is 8.22. The van der Waals surface area contributed by atoms with Gasteiger partial charge in [0.15, 0.2) is 4.75 Å². The van der Waals surface area contributed by atoms with Crippen LogP contribution in [-0.2, 0) is 9.59 Å². The van der Waals surface area contributed by atoms with Crippen molar-refractivity contribution >= 4 is 30.5 Å². The van der Waals surface area contributed by atoms with E-state index in [9.17, 15) is 14.4 Å². The summed E-state index contributed by atoms with van der Waals surface area (Å²) in [6.07, 6.45) is 0.248. The molecule has 13 heavy (non-hydrogen) atoms. The third-order valence-electron chi connectivity index (χ3n) is 2.07. The standard InChI is InChI=1S/C7H10N2O3S/c1-3-7(13)4(10)8-6(12)9(2)5(7)11/h13H,3H2,1-2H3,(H,8,10,12). The van der Waals surface area contributed by atoms with E-state index < -0.39 is 22.6 Å². The molecule has 1 N–H and O–H groups in total. The van der Waals surface area contributed by atoms with Gasteiger partial charge in [0.25, 0.3) is 11.8 Å². The van der Waals surface area contributed by atoms with Crippen LogP contribution < -0.4 is 5.32 Å². The Bertz CT molecular complexity index is 291. The highest BCUT2D eigenvalue weighted by atomic mass is 32.1. The van der Waals surface area contributed by atoms with Crippen molar-refractivity contribution in [3.8, 4) is 0 Å². The van der Waals surface area contributed by atoms with E-state index in [2.05, 4.69) is 17.9 Å². The van der Waals surface area contributed by atoms with Gasteiger partial charge in [0.05, 0.1) is 0 Å². The van der Waals surface area contributed by atoms with Gasteiger partial charge in [-0.2, -0.15) is 12.6 Å². The largest absolute Gasteiger partial charge is 0.330 e. The lowest BCUT2D eigenvalue weighted by atomic mass is 10.0. The number of imide groups is 2. The fraction of sp³-hybridized carbons (Fsp3) is 0.571. The smallest absolute Gasteiger partial charge is 0.276 e. The summed E-state index contributed by atoms with van der Waals surface area (Å²) in [5, 5.41) is 2.05. The van der Waals surface area contributed by atoms with Crippen LogP contribution in [0.4, 0.5) is 4.79 Å². The van der Waals surface area contributed by atoms with Crippen LogP contribution in [0.1, 0.15) is 13.3 Å². The molecule has 0 spiro atoms. The van der Waals surface area contributed by atoms with Gasteiger partial charge in [-0.3, -0.25) is 19.8 Å². The molecule has 0 aliphatic carbocycles. The molecule has 0 aromatic rings. The second-order valence-corrected chi connectivity index (χ2v) is 3.60. The number of carbonyl (C=O) groups is 3. The molecule has 0 saturated carbocycles. The predicted molar refractivity (Wildman–Crippen MR) is 48.3 cm³/mol. The molecule has 0 radical (unpaired) electrons. The molecule has 0 bridgehead atoms. The van der Waals surface area contributed by atoms with Crippen molar-refractivity contribution < 1.29 is 14.4 Å². The summed E-state index contributed by atoms with van der Waals surface area (Å²) in [6, 6.07) is -0.701. The fourth-order valence-corrected chi connectivity index (χ4v) is 1.27. The summed E-state index contributed by atoms with van der Waals surface area (Å²) in [6.45, 7) is 1.66. The van der Waals surface area contributed by atoms with E-state index in [0.717, 1.165) is 4.90 Å². The van der Waals surface area contributed by atoms with Crippen LogP contribution in [-0.4, -0.2) is 34.5 Å². The van der Waals surface area contributed by atoms with E-state index in [4.69, 9.17) is 0 Å². The first kappa shape index (κ1) is 10.0. The molecular weight excluding hydrogens is 192 g/mol. The van der Waals surface area contributed by atoms with Crippen molar-refractivity contribution in [2.45, 2.75) is 18.1 Å². The van der Waals surface area contributed by atoms with E-state index in [-0.39, 0.29) is 6.42 Å². The Morgan fingerprint density at radius 2 is 2.00 bits per heavy atom. The van der Waals surface area contributed by atoms with Gasteiger partial charge in [-0.05, 0) is 6.42 Å². The number of hydrogen-bond acceptors (Lipinski definition) is 4. The molecule has 72 valence electrons. The van der Waals surface area contributed by atoms with Gasteiger partial charge in [-0.25, -0.2) is 4.79 Å². The molecule has 4 amide bonds. The van der Waals surface area contributed by atoms with Gasteiger partial charge in [0, 0.05) is 7.05 Å². The third-order valence-corrected chi connectivity index (χ3v) is 2.78. The Morgan fingerprint density at radius 1 is 1.46 bits per heavy atom. The van der Waals surface area contributed by atoms with Crippen LogP contribution in [0.15, 0.2) is 0 Å². The minimum atomic E-state index is -1.40. The molecule has 5 nitrogen and oxygen atoms in total. The maximum absolute atomic E-state index is 11.5. The summed E-state index contributed by atoms with van der Waals surface area (Å²) in [5.41, 5.74) is 0. The number of nitrogens with zero attached hydrogens (tertiary/aromatic N) is 1. The number of urea groups is 1. The quantitative estimate of drug-likeness (QED) is 0.456. The van der Waals surface area contributed by atoms with Crippen molar-refractivity contribution in [2.24, 2.45) is 0 Å². The zero-order valence-electron chi connectivity index (χ0n) is 7.33. The lowest BCUT2D eigenvalue weighted by Crippen LogP contribution is -2.64. The zero-order chi connectivity index (χ0) is 10.2. The first-order chi connectivity index (χ1) is 5.93. The average molecular weight is 202 g/mol. The molecule has 1 saturated heterocycles. The van der Waals surface area contributed by atoms with Crippen LogP contribution in [0, 0.1) is 0 Å². The topological polar surface area (TPSA) is 66.5 Å². The Labute approximate surface area is 80.9 Å². The van der Waals surface area contributed by atoms with Crippen LogP contribution in [0.25, 0.3) is 0 Å². The van der Waals surface area contributed by atoms with E-state index in [0.29, 0.717) is 0 Å². The number of nitrogens with one attached hydrogen (secondary N) is 1. The second-order valence-electron chi connectivity index (χ2n) is 2.84. The highest BCUT2D eigenvalue weighted by Gasteiger charge is 2.48. The van der Waals surface area contributed by atoms with Crippen molar-refractivity contribution in [3.05, 3.63) is 0 Å². The lowest BCUT2D eigenvalue weighted by Gasteiger charge is -2.33. The summed E-state index contributed by atoms with van der Waals surface area (Å²) < 4.78 is -1.40. The third kappa shape index (κ3) is 1.31. The van der Waals surface area contributed by atoms with Crippen molar-refractivity contribution in [2.75, 3.05) is 7.05 Å². The maximum atomic E-state index is 11.5. The van der Waals surface area contributed by atoms with Crippen LogP contribution in [0.2, 0.25) is 0 Å². The van der Waals surface area contributed by atoms with Gasteiger partial charge in [0.1, 0.15) is 0 Å². The first-order valence-corrected chi connectivity index (χ1v) is 4.24. The number of thiol groups is 1. The molecular formula is C7H10N2O3S. The van der Waals surface area contributed by atoms with Crippen LogP contribution in [0.5, 0.6) is 0 Å². The summed E-state index contributed by atoms with van der Waals surface area (Å²) in [7, 11) is 1.31. The summed E-state index contributed by atoms with van der Waals surface area (Å²) in [4.78, 5) is 34.5. The molecule has 1 atom stereocenters. The average Bonchev–Trinajstić information content (AvgIpc) is 2.11. The number of rotatable bonds is 1.